The van der Waals surface area contributed by atoms with E-state index in [1.165, 1.54) is 0 Å². The summed E-state index contributed by atoms with van der Waals surface area (Å²) < 4.78 is 1.89. The maximum atomic E-state index is 12.0. The van der Waals surface area contributed by atoms with Gasteiger partial charge in [-0.15, -0.1) is 0 Å². The van der Waals surface area contributed by atoms with Gasteiger partial charge in [-0.2, -0.15) is 0 Å². The van der Waals surface area contributed by atoms with E-state index in [-0.39, 0.29) is 11.2 Å². The molecule has 0 N–H and O–H groups in total. The Morgan fingerprint density at radius 3 is 2.80 bits per heavy atom. The van der Waals surface area contributed by atoms with Crippen LogP contribution in [-0.2, 0) is 0 Å². The van der Waals surface area contributed by atoms with E-state index >= 15 is 0 Å². The van der Waals surface area contributed by atoms with E-state index in [0.717, 1.165) is 5.52 Å². The predicted molar refractivity (Wildman–Crippen MR) is 59.0 cm³/mol. The van der Waals surface area contributed by atoms with E-state index < -0.39 is 0 Å². The molecule has 0 aliphatic carbocycles. The van der Waals surface area contributed by atoms with Crippen LogP contribution in [0.5, 0.6) is 0 Å². The van der Waals surface area contributed by atoms with Gasteiger partial charge < -0.3 is 4.40 Å². The Kier molecular flexibility index (Phi) is 2.11. The van der Waals surface area contributed by atoms with Crippen molar-refractivity contribution < 1.29 is 4.79 Å². The Morgan fingerprint density at radius 2 is 2.13 bits per heavy atom. The van der Waals surface area contributed by atoms with Gasteiger partial charge in [0.25, 0.3) is 0 Å². The summed E-state index contributed by atoms with van der Waals surface area (Å²) in [5, 5.41) is 0. The molecule has 78 valence electrons. The molecule has 0 atom stereocenters. The van der Waals surface area contributed by atoms with Crippen LogP contribution in [0.3, 0.4) is 0 Å². The molecule has 2 aromatic rings. The molecule has 3 heteroatoms. The molecule has 0 spiro atoms. The topological polar surface area (TPSA) is 34.4 Å². The smallest absolute Gasteiger partial charge is 0.186 e. The summed E-state index contributed by atoms with van der Waals surface area (Å²) in [5.74, 6) is 0.0752. The van der Waals surface area contributed by atoms with Gasteiger partial charge in [0.05, 0.1) is 6.33 Å². The molecule has 0 amide bonds. The molecule has 0 radical (unpaired) electrons. The van der Waals surface area contributed by atoms with Gasteiger partial charge in [0.1, 0.15) is 5.69 Å². The third-order valence-corrected chi connectivity index (χ3v) is 2.33. The number of nitrogens with zero attached hydrogens (tertiary/aromatic N) is 2. The van der Waals surface area contributed by atoms with Crippen molar-refractivity contribution in [3.63, 3.8) is 0 Å². The lowest BCUT2D eigenvalue weighted by molar-refractivity contribution is 0.0853. The summed E-state index contributed by atoms with van der Waals surface area (Å²) >= 11 is 0. The standard InChI is InChI=1S/C12H14N2O/c1-12(2,3)11(15)10-7-9-5-4-6-14(9)8-13-10/h4-8H,1-3H3. The van der Waals surface area contributed by atoms with Crippen molar-refractivity contribution in [2.24, 2.45) is 5.41 Å². The number of aromatic nitrogens is 2. The first kappa shape index (κ1) is 9.90. The van der Waals surface area contributed by atoms with Gasteiger partial charge in [-0.1, -0.05) is 20.8 Å². The minimum atomic E-state index is -0.377. The van der Waals surface area contributed by atoms with E-state index in [1.54, 1.807) is 6.33 Å². The Labute approximate surface area is 88.8 Å². The van der Waals surface area contributed by atoms with Crippen LogP contribution in [0.4, 0.5) is 0 Å². The molecule has 0 unspecified atom stereocenters. The van der Waals surface area contributed by atoms with Crippen molar-refractivity contribution in [2.45, 2.75) is 20.8 Å². The lowest BCUT2D eigenvalue weighted by atomic mass is 9.89. The SMILES string of the molecule is CC(C)(C)C(=O)c1cc2cccn2cn1. The first-order valence-corrected chi connectivity index (χ1v) is 4.96. The van der Waals surface area contributed by atoms with Crippen LogP contribution in [0.25, 0.3) is 5.52 Å². The third kappa shape index (κ3) is 1.77. The lowest BCUT2D eigenvalue weighted by Gasteiger charge is -2.15. The second kappa shape index (κ2) is 3.19. The van der Waals surface area contributed by atoms with Crippen LogP contribution in [-0.4, -0.2) is 15.2 Å². The molecule has 2 aromatic heterocycles. The Morgan fingerprint density at radius 1 is 1.40 bits per heavy atom. The number of fused-ring (bicyclic) bond motifs is 1. The van der Waals surface area contributed by atoms with Gasteiger partial charge in [-0.05, 0) is 18.2 Å². The lowest BCUT2D eigenvalue weighted by Crippen LogP contribution is -2.21. The monoisotopic (exact) mass is 202 g/mol. The van der Waals surface area contributed by atoms with Crippen LogP contribution in [0.1, 0.15) is 31.3 Å². The molecule has 0 aliphatic heterocycles. The van der Waals surface area contributed by atoms with Crippen molar-refractivity contribution in [1.29, 1.82) is 0 Å². The molecule has 0 saturated heterocycles. The van der Waals surface area contributed by atoms with E-state index in [4.69, 9.17) is 0 Å². The zero-order valence-electron chi connectivity index (χ0n) is 9.19. The van der Waals surface area contributed by atoms with Gasteiger partial charge >= 0.3 is 0 Å². The van der Waals surface area contributed by atoms with Crippen LogP contribution >= 0.6 is 0 Å². The maximum absolute atomic E-state index is 12.0. The highest BCUT2D eigenvalue weighted by molar-refractivity contribution is 5.98. The minimum Gasteiger partial charge on any atom is -0.308 e. The molecule has 2 rings (SSSR count). The molecule has 3 nitrogen and oxygen atoms in total. The molecular formula is C12H14N2O. The Hall–Kier alpha value is -1.64. The molecule has 0 aromatic carbocycles. The normalized spacial score (nSPS) is 11.9. The molecule has 0 aliphatic rings. The summed E-state index contributed by atoms with van der Waals surface area (Å²) in [5.41, 5.74) is 1.16. The number of ketones is 1. The zero-order chi connectivity index (χ0) is 11.1. The highest BCUT2D eigenvalue weighted by Crippen LogP contribution is 2.20. The summed E-state index contributed by atoms with van der Waals surface area (Å²) in [6, 6.07) is 5.72. The molecule has 2 heterocycles. The van der Waals surface area contributed by atoms with E-state index in [0.29, 0.717) is 5.69 Å². The largest absolute Gasteiger partial charge is 0.308 e. The summed E-state index contributed by atoms with van der Waals surface area (Å²) in [6.45, 7) is 5.71. The van der Waals surface area contributed by atoms with Crippen LogP contribution < -0.4 is 0 Å². The molecular weight excluding hydrogens is 188 g/mol. The van der Waals surface area contributed by atoms with Crippen LogP contribution in [0.2, 0.25) is 0 Å². The van der Waals surface area contributed by atoms with Gasteiger partial charge in [0, 0.05) is 17.1 Å². The molecule has 15 heavy (non-hydrogen) atoms. The van der Waals surface area contributed by atoms with E-state index in [1.807, 2.05) is 49.6 Å². The highest BCUT2D eigenvalue weighted by atomic mass is 16.1. The predicted octanol–water partition coefficient (Wildman–Crippen LogP) is 2.56. The summed E-state index contributed by atoms with van der Waals surface area (Å²) in [7, 11) is 0. The summed E-state index contributed by atoms with van der Waals surface area (Å²) in [6.07, 6.45) is 3.59. The van der Waals surface area contributed by atoms with E-state index in [9.17, 15) is 4.79 Å². The van der Waals surface area contributed by atoms with E-state index in [2.05, 4.69) is 4.98 Å². The summed E-state index contributed by atoms with van der Waals surface area (Å²) in [4.78, 5) is 16.1. The number of hydrogen-bond acceptors (Lipinski definition) is 2. The molecule has 0 bridgehead atoms. The number of carbonyl (C=O) groups excluding carboxylic acids is 1. The number of carbonyl (C=O) groups is 1. The van der Waals surface area contributed by atoms with Gasteiger partial charge in [0.2, 0.25) is 0 Å². The Bertz CT molecular complexity index is 506. The number of hydrogen-bond donors (Lipinski definition) is 0. The first-order valence-electron chi connectivity index (χ1n) is 4.96. The van der Waals surface area contributed by atoms with Crippen molar-refractivity contribution in [1.82, 2.24) is 9.38 Å². The average Bonchev–Trinajstić information content (AvgIpc) is 2.61. The number of Topliss-reactive ketones (excluding diaryl/α,β-unsaturated/α-hetero) is 1. The maximum Gasteiger partial charge on any atom is 0.186 e. The zero-order valence-corrected chi connectivity index (χ0v) is 9.19. The minimum absolute atomic E-state index is 0.0752. The van der Waals surface area contributed by atoms with Crippen LogP contribution in [0, 0.1) is 5.41 Å². The Balaban J connectivity index is 2.49. The first-order chi connectivity index (χ1) is 6.98. The van der Waals surface area contributed by atoms with Crippen LogP contribution in [0.15, 0.2) is 30.7 Å². The number of rotatable bonds is 1. The fourth-order valence-electron chi connectivity index (χ4n) is 1.44. The van der Waals surface area contributed by atoms with Gasteiger partial charge in [-0.3, -0.25) is 4.79 Å². The van der Waals surface area contributed by atoms with Crippen molar-refractivity contribution in [2.75, 3.05) is 0 Å². The second-order valence-electron chi connectivity index (χ2n) is 4.69. The fourth-order valence-corrected chi connectivity index (χ4v) is 1.44. The quantitative estimate of drug-likeness (QED) is 0.666. The van der Waals surface area contributed by atoms with Crippen molar-refractivity contribution >= 4 is 11.3 Å². The van der Waals surface area contributed by atoms with Crippen molar-refractivity contribution in [3.8, 4) is 0 Å². The van der Waals surface area contributed by atoms with Gasteiger partial charge in [-0.25, -0.2) is 4.98 Å². The third-order valence-electron chi connectivity index (χ3n) is 2.33. The van der Waals surface area contributed by atoms with Gasteiger partial charge in [0.15, 0.2) is 5.78 Å². The molecule has 0 saturated carbocycles. The fraction of sp³-hybridized carbons (Fsp3) is 0.333. The average molecular weight is 202 g/mol. The van der Waals surface area contributed by atoms with Crippen molar-refractivity contribution in [3.05, 3.63) is 36.4 Å². The second-order valence-corrected chi connectivity index (χ2v) is 4.69. The highest BCUT2D eigenvalue weighted by Gasteiger charge is 2.24. The molecule has 0 fully saturated rings.